The number of carbonyl (C=O) groups is 1. The van der Waals surface area contributed by atoms with Crippen molar-refractivity contribution >= 4 is 5.91 Å². The van der Waals surface area contributed by atoms with E-state index in [-0.39, 0.29) is 24.2 Å². The highest BCUT2D eigenvalue weighted by atomic mass is 16.5. The second-order valence-corrected chi connectivity index (χ2v) is 8.64. The molecule has 2 saturated heterocycles. The van der Waals surface area contributed by atoms with Crippen molar-refractivity contribution in [3.63, 3.8) is 0 Å². The van der Waals surface area contributed by atoms with Crippen LogP contribution in [0.4, 0.5) is 0 Å². The van der Waals surface area contributed by atoms with Crippen molar-refractivity contribution in [3.05, 3.63) is 23.8 Å². The molecule has 2 aliphatic heterocycles. The van der Waals surface area contributed by atoms with Crippen LogP contribution in [0.1, 0.15) is 45.2 Å². The molecule has 0 bridgehead atoms. The Labute approximate surface area is 180 Å². The smallest absolute Gasteiger partial charge is 0.234 e. The molecule has 2 aliphatic rings. The molecule has 0 aliphatic carbocycles. The van der Waals surface area contributed by atoms with Gasteiger partial charge >= 0.3 is 0 Å². The van der Waals surface area contributed by atoms with E-state index in [2.05, 4.69) is 29.0 Å². The Hall–Kier alpha value is -1.83. The quantitative estimate of drug-likeness (QED) is 0.698. The van der Waals surface area contributed by atoms with E-state index in [9.17, 15) is 4.79 Å². The number of nitrogens with one attached hydrogen (secondary N) is 1. The Morgan fingerprint density at radius 3 is 2.63 bits per heavy atom. The molecule has 7 heteroatoms. The molecule has 1 aromatic rings. The standard InChI is InChI=1S/C23H37N3O4/c1-16-12-25(13-17(2)30-16)14-19-7-6-10-26(19)15-23(27)24-18(3)21-11-20(28-4)8-9-22(21)29-5/h8-9,11,16-19H,6-7,10,12-15H2,1-5H3,(H,24,27). The Morgan fingerprint density at radius 2 is 1.97 bits per heavy atom. The van der Waals surface area contributed by atoms with Crippen LogP contribution in [0.5, 0.6) is 11.5 Å². The number of methoxy groups -OCH3 is 2. The highest BCUT2D eigenvalue weighted by molar-refractivity contribution is 5.78. The van der Waals surface area contributed by atoms with Crippen molar-refractivity contribution in [2.45, 2.75) is 57.9 Å². The van der Waals surface area contributed by atoms with Gasteiger partial charge in [0, 0.05) is 31.2 Å². The number of rotatable bonds is 8. The van der Waals surface area contributed by atoms with Gasteiger partial charge in [-0.1, -0.05) is 0 Å². The summed E-state index contributed by atoms with van der Waals surface area (Å²) in [6.45, 7) is 10.6. The van der Waals surface area contributed by atoms with E-state index in [1.54, 1.807) is 14.2 Å². The van der Waals surface area contributed by atoms with Crippen molar-refractivity contribution in [1.82, 2.24) is 15.1 Å². The van der Waals surface area contributed by atoms with Gasteiger partial charge in [0.25, 0.3) is 0 Å². The summed E-state index contributed by atoms with van der Waals surface area (Å²) in [7, 11) is 3.28. The Balaban J connectivity index is 1.56. The summed E-state index contributed by atoms with van der Waals surface area (Å²) in [5.74, 6) is 1.54. The Bertz CT molecular complexity index is 704. The van der Waals surface area contributed by atoms with Gasteiger partial charge in [-0.05, 0) is 58.4 Å². The minimum Gasteiger partial charge on any atom is -0.497 e. The molecule has 1 aromatic carbocycles. The first kappa shape index (κ1) is 22.8. The minimum atomic E-state index is -0.162. The van der Waals surface area contributed by atoms with Gasteiger partial charge in [-0.15, -0.1) is 0 Å². The summed E-state index contributed by atoms with van der Waals surface area (Å²) in [5, 5.41) is 3.14. The number of hydrogen-bond acceptors (Lipinski definition) is 6. The van der Waals surface area contributed by atoms with Crippen molar-refractivity contribution in [2.75, 3.05) is 46.9 Å². The SMILES string of the molecule is COc1ccc(OC)c(C(C)NC(=O)CN2CCCC2CN2CC(C)OC(C)C2)c1. The van der Waals surface area contributed by atoms with E-state index in [1.165, 1.54) is 0 Å². The van der Waals surface area contributed by atoms with Gasteiger partial charge in [0.05, 0.1) is 39.0 Å². The first-order chi connectivity index (χ1) is 14.4. The van der Waals surface area contributed by atoms with E-state index in [0.29, 0.717) is 12.6 Å². The van der Waals surface area contributed by atoms with E-state index < -0.39 is 0 Å². The maximum Gasteiger partial charge on any atom is 0.234 e. The maximum absolute atomic E-state index is 12.8. The molecular weight excluding hydrogens is 382 g/mol. The number of morpholine rings is 1. The molecule has 4 atom stereocenters. The topological polar surface area (TPSA) is 63.3 Å². The third kappa shape index (κ3) is 5.86. The molecule has 0 aromatic heterocycles. The molecule has 4 unspecified atom stereocenters. The third-order valence-electron chi connectivity index (χ3n) is 6.09. The van der Waals surface area contributed by atoms with Crippen LogP contribution in [-0.4, -0.2) is 80.9 Å². The Kier molecular flexibility index (Phi) is 7.97. The largest absolute Gasteiger partial charge is 0.497 e. The molecular formula is C23H37N3O4. The average molecular weight is 420 g/mol. The summed E-state index contributed by atoms with van der Waals surface area (Å²) in [6.07, 6.45) is 2.83. The summed E-state index contributed by atoms with van der Waals surface area (Å²) >= 11 is 0. The molecule has 2 fully saturated rings. The van der Waals surface area contributed by atoms with Crippen LogP contribution in [0.2, 0.25) is 0 Å². The Morgan fingerprint density at radius 1 is 1.23 bits per heavy atom. The van der Waals surface area contributed by atoms with Gasteiger partial charge < -0.3 is 19.5 Å². The molecule has 0 radical (unpaired) electrons. The molecule has 1 amide bonds. The molecule has 3 rings (SSSR count). The fraction of sp³-hybridized carbons (Fsp3) is 0.696. The average Bonchev–Trinajstić information content (AvgIpc) is 3.12. The van der Waals surface area contributed by atoms with Crippen LogP contribution in [0, 0.1) is 0 Å². The third-order valence-corrected chi connectivity index (χ3v) is 6.09. The highest BCUT2D eigenvalue weighted by Crippen LogP contribution is 2.29. The van der Waals surface area contributed by atoms with E-state index >= 15 is 0 Å². The van der Waals surface area contributed by atoms with E-state index in [4.69, 9.17) is 14.2 Å². The summed E-state index contributed by atoms with van der Waals surface area (Å²) in [6, 6.07) is 5.92. The highest BCUT2D eigenvalue weighted by Gasteiger charge is 2.31. The van der Waals surface area contributed by atoms with Gasteiger partial charge in [-0.2, -0.15) is 0 Å². The van der Waals surface area contributed by atoms with E-state index in [0.717, 1.165) is 56.1 Å². The van der Waals surface area contributed by atoms with Gasteiger partial charge in [0.15, 0.2) is 0 Å². The zero-order chi connectivity index (χ0) is 21.7. The normalized spacial score (nSPS) is 26.4. The van der Waals surface area contributed by atoms with Gasteiger partial charge in [-0.25, -0.2) is 0 Å². The first-order valence-corrected chi connectivity index (χ1v) is 11.0. The number of amides is 1. The monoisotopic (exact) mass is 419 g/mol. The fourth-order valence-electron chi connectivity index (χ4n) is 4.77. The van der Waals surface area contributed by atoms with Crippen LogP contribution >= 0.6 is 0 Å². The minimum absolute atomic E-state index is 0.0444. The van der Waals surface area contributed by atoms with Crippen molar-refractivity contribution < 1.29 is 19.0 Å². The lowest BCUT2D eigenvalue weighted by atomic mass is 10.1. The fourth-order valence-corrected chi connectivity index (χ4v) is 4.77. The molecule has 0 saturated carbocycles. The number of benzene rings is 1. The van der Waals surface area contributed by atoms with Gasteiger partial charge in [-0.3, -0.25) is 14.6 Å². The van der Waals surface area contributed by atoms with Crippen LogP contribution in [0.15, 0.2) is 18.2 Å². The van der Waals surface area contributed by atoms with Gasteiger partial charge in [0.1, 0.15) is 11.5 Å². The zero-order valence-electron chi connectivity index (χ0n) is 19.0. The predicted molar refractivity (Wildman–Crippen MR) is 117 cm³/mol. The number of carbonyl (C=O) groups excluding carboxylic acids is 1. The number of ether oxygens (including phenoxy) is 3. The summed E-state index contributed by atoms with van der Waals surface area (Å²) in [5.41, 5.74) is 0.916. The lowest BCUT2D eigenvalue weighted by Crippen LogP contribution is -2.51. The van der Waals surface area contributed by atoms with Crippen LogP contribution in [0.25, 0.3) is 0 Å². The molecule has 1 N–H and O–H groups in total. The number of likely N-dealkylation sites (tertiary alicyclic amines) is 1. The molecule has 0 spiro atoms. The van der Waals surface area contributed by atoms with Crippen molar-refractivity contribution in [2.24, 2.45) is 0 Å². The molecule has 168 valence electrons. The zero-order valence-corrected chi connectivity index (χ0v) is 19.0. The van der Waals surface area contributed by atoms with Crippen LogP contribution in [0.3, 0.4) is 0 Å². The second-order valence-electron chi connectivity index (χ2n) is 8.64. The first-order valence-electron chi connectivity index (χ1n) is 11.0. The van der Waals surface area contributed by atoms with Crippen molar-refractivity contribution in [1.29, 1.82) is 0 Å². The summed E-state index contributed by atoms with van der Waals surface area (Å²) < 4.78 is 16.7. The van der Waals surface area contributed by atoms with Crippen LogP contribution < -0.4 is 14.8 Å². The lowest BCUT2D eigenvalue weighted by Gasteiger charge is -2.38. The van der Waals surface area contributed by atoms with E-state index in [1.807, 2.05) is 25.1 Å². The number of hydrogen-bond donors (Lipinski definition) is 1. The molecule has 7 nitrogen and oxygen atoms in total. The lowest BCUT2D eigenvalue weighted by molar-refractivity contribution is -0.123. The van der Waals surface area contributed by atoms with Gasteiger partial charge in [0.2, 0.25) is 5.91 Å². The molecule has 30 heavy (non-hydrogen) atoms. The van der Waals surface area contributed by atoms with Crippen molar-refractivity contribution in [3.8, 4) is 11.5 Å². The summed E-state index contributed by atoms with van der Waals surface area (Å²) in [4.78, 5) is 17.6. The maximum atomic E-state index is 12.8. The number of nitrogens with zero attached hydrogens (tertiary/aromatic N) is 2. The predicted octanol–water partition coefficient (Wildman–Crippen LogP) is 2.45. The second kappa shape index (κ2) is 10.5. The molecule has 2 heterocycles. The van der Waals surface area contributed by atoms with Crippen LogP contribution in [-0.2, 0) is 9.53 Å².